The van der Waals surface area contributed by atoms with Crippen molar-refractivity contribution in [2.75, 3.05) is 13.2 Å². The van der Waals surface area contributed by atoms with E-state index in [1.165, 1.54) is 0 Å². The van der Waals surface area contributed by atoms with Crippen LogP contribution in [0.25, 0.3) is 11.3 Å². The molecule has 1 aliphatic heterocycles. The summed E-state index contributed by atoms with van der Waals surface area (Å²) in [5.41, 5.74) is 2.13. The van der Waals surface area contributed by atoms with Crippen LogP contribution in [0.4, 0.5) is 0 Å². The Labute approximate surface area is 127 Å². The van der Waals surface area contributed by atoms with Crippen LogP contribution in [0.15, 0.2) is 35.1 Å². The molecule has 0 bridgehead atoms. The summed E-state index contributed by atoms with van der Waals surface area (Å²) < 4.78 is 13.0. The normalized spacial score (nSPS) is 16.6. The standard InChI is InChI=1S/C17H17NO4/c19-10-12-1-5-14(18(17(12)20)13-3-4-13)11-2-6-15-16(9-11)22-8-7-21-15/h1-2,5-6,9,13,19H,3-4,7-8,10H2. The molecule has 0 spiro atoms. The summed E-state index contributed by atoms with van der Waals surface area (Å²) in [5, 5.41) is 9.31. The van der Waals surface area contributed by atoms with E-state index in [9.17, 15) is 9.90 Å². The van der Waals surface area contributed by atoms with E-state index in [0.29, 0.717) is 24.5 Å². The molecule has 22 heavy (non-hydrogen) atoms. The van der Waals surface area contributed by atoms with Crippen LogP contribution in [0.2, 0.25) is 0 Å². The van der Waals surface area contributed by atoms with Gasteiger partial charge in [-0.15, -0.1) is 0 Å². The molecule has 0 unspecified atom stereocenters. The third kappa shape index (κ3) is 2.18. The zero-order chi connectivity index (χ0) is 15.1. The van der Waals surface area contributed by atoms with E-state index in [2.05, 4.69) is 0 Å². The van der Waals surface area contributed by atoms with Gasteiger partial charge in [-0.2, -0.15) is 0 Å². The Hall–Kier alpha value is -2.27. The van der Waals surface area contributed by atoms with E-state index >= 15 is 0 Å². The summed E-state index contributed by atoms with van der Waals surface area (Å²) in [4.78, 5) is 12.5. The second-order valence-electron chi connectivity index (χ2n) is 5.67. The van der Waals surface area contributed by atoms with Crippen LogP contribution in [0, 0.1) is 0 Å². The van der Waals surface area contributed by atoms with Gasteiger partial charge in [0.2, 0.25) is 0 Å². The van der Waals surface area contributed by atoms with E-state index in [0.717, 1.165) is 29.8 Å². The van der Waals surface area contributed by atoms with Crippen LogP contribution >= 0.6 is 0 Å². The molecule has 2 aromatic rings. The zero-order valence-electron chi connectivity index (χ0n) is 12.1. The maximum absolute atomic E-state index is 12.5. The van der Waals surface area contributed by atoms with E-state index in [1.54, 1.807) is 10.6 Å². The van der Waals surface area contributed by atoms with Crippen molar-refractivity contribution < 1.29 is 14.6 Å². The van der Waals surface area contributed by atoms with Gasteiger partial charge in [0.15, 0.2) is 11.5 Å². The summed E-state index contributed by atoms with van der Waals surface area (Å²) in [6.07, 6.45) is 2.01. The van der Waals surface area contributed by atoms with Crippen LogP contribution in [-0.4, -0.2) is 22.9 Å². The van der Waals surface area contributed by atoms with Crippen molar-refractivity contribution in [3.05, 3.63) is 46.2 Å². The van der Waals surface area contributed by atoms with Gasteiger partial charge in [-0.1, -0.05) is 0 Å². The van der Waals surface area contributed by atoms with Crippen LogP contribution in [0.5, 0.6) is 11.5 Å². The van der Waals surface area contributed by atoms with Crippen molar-refractivity contribution in [2.45, 2.75) is 25.5 Å². The highest BCUT2D eigenvalue weighted by Gasteiger charge is 2.28. The Balaban J connectivity index is 1.85. The van der Waals surface area contributed by atoms with E-state index in [-0.39, 0.29) is 18.2 Å². The van der Waals surface area contributed by atoms with Gasteiger partial charge in [0.25, 0.3) is 5.56 Å². The fourth-order valence-corrected chi connectivity index (χ4v) is 2.85. The van der Waals surface area contributed by atoms with Gasteiger partial charge in [0.1, 0.15) is 13.2 Å². The lowest BCUT2D eigenvalue weighted by molar-refractivity contribution is 0.171. The molecule has 0 atom stereocenters. The Kier molecular flexibility index (Phi) is 3.15. The smallest absolute Gasteiger partial charge is 0.256 e. The zero-order valence-corrected chi connectivity index (χ0v) is 12.1. The Bertz CT molecular complexity index is 777. The minimum Gasteiger partial charge on any atom is -0.486 e. The summed E-state index contributed by atoms with van der Waals surface area (Å²) in [6, 6.07) is 9.58. The van der Waals surface area contributed by atoms with Crippen molar-refractivity contribution in [2.24, 2.45) is 0 Å². The van der Waals surface area contributed by atoms with Gasteiger partial charge in [0.05, 0.1) is 12.3 Å². The first kappa shape index (κ1) is 13.4. The molecule has 1 aromatic carbocycles. The first-order valence-electron chi connectivity index (χ1n) is 7.53. The fraction of sp³-hybridized carbons (Fsp3) is 0.353. The molecule has 0 saturated heterocycles. The molecule has 1 aromatic heterocycles. The highest BCUT2D eigenvalue weighted by Crippen LogP contribution is 2.39. The lowest BCUT2D eigenvalue weighted by atomic mass is 10.1. The minimum absolute atomic E-state index is 0.0996. The molecule has 1 fully saturated rings. The van der Waals surface area contributed by atoms with Crippen molar-refractivity contribution in [3.8, 4) is 22.8 Å². The summed E-state index contributed by atoms with van der Waals surface area (Å²) in [5.74, 6) is 1.45. The Morgan fingerprint density at radius 2 is 1.86 bits per heavy atom. The van der Waals surface area contributed by atoms with E-state index < -0.39 is 0 Å². The average Bonchev–Trinajstić information content (AvgIpc) is 3.39. The largest absolute Gasteiger partial charge is 0.486 e. The molecular formula is C17H17NO4. The van der Waals surface area contributed by atoms with Gasteiger partial charge in [0, 0.05) is 17.2 Å². The molecule has 5 nitrogen and oxygen atoms in total. The van der Waals surface area contributed by atoms with E-state index in [1.807, 2.05) is 24.3 Å². The molecule has 4 rings (SSSR count). The number of nitrogens with zero attached hydrogens (tertiary/aromatic N) is 1. The number of rotatable bonds is 3. The van der Waals surface area contributed by atoms with Crippen LogP contribution < -0.4 is 15.0 Å². The maximum atomic E-state index is 12.5. The quantitative estimate of drug-likeness (QED) is 0.943. The average molecular weight is 299 g/mol. The van der Waals surface area contributed by atoms with E-state index in [4.69, 9.17) is 9.47 Å². The number of hydrogen-bond acceptors (Lipinski definition) is 4. The number of aliphatic hydroxyl groups is 1. The van der Waals surface area contributed by atoms with Gasteiger partial charge in [-0.25, -0.2) is 0 Å². The molecule has 1 N–H and O–H groups in total. The monoisotopic (exact) mass is 299 g/mol. The lowest BCUT2D eigenvalue weighted by Crippen LogP contribution is -2.24. The van der Waals surface area contributed by atoms with Gasteiger partial charge < -0.3 is 19.1 Å². The number of aromatic nitrogens is 1. The topological polar surface area (TPSA) is 60.7 Å². The first-order chi connectivity index (χ1) is 10.8. The SMILES string of the molecule is O=c1c(CO)ccc(-c2ccc3c(c2)OCCO3)n1C1CC1. The second-order valence-corrected chi connectivity index (χ2v) is 5.67. The predicted molar refractivity (Wildman–Crippen MR) is 81.3 cm³/mol. The number of benzene rings is 1. The Morgan fingerprint density at radius 1 is 1.09 bits per heavy atom. The molecule has 2 aliphatic rings. The van der Waals surface area contributed by atoms with Crippen LogP contribution in [-0.2, 0) is 6.61 Å². The van der Waals surface area contributed by atoms with Crippen molar-refractivity contribution in [1.29, 1.82) is 0 Å². The number of pyridine rings is 1. The van der Waals surface area contributed by atoms with Crippen molar-refractivity contribution in [3.63, 3.8) is 0 Å². The lowest BCUT2D eigenvalue weighted by Gasteiger charge is -2.20. The van der Waals surface area contributed by atoms with Gasteiger partial charge >= 0.3 is 0 Å². The molecule has 2 heterocycles. The number of ether oxygens (including phenoxy) is 2. The second kappa shape index (κ2) is 5.18. The maximum Gasteiger partial charge on any atom is 0.256 e. The summed E-state index contributed by atoms with van der Waals surface area (Å²) in [7, 11) is 0. The highest BCUT2D eigenvalue weighted by molar-refractivity contribution is 5.65. The van der Waals surface area contributed by atoms with Gasteiger partial charge in [-0.05, 0) is 43.2 Å². The van der Waals surface area contributed by atoms with Gasteiger partial charge in [-0.3, -0.25) is 4.79 Å². The number of aliphatic hydroxyl groups excluding tert-OH is 1. The molecule has 1 saturated carbocycles. The summed E-state index contributed by atoms with van der Waals surface area (Å²) >= 11 is 0. The summed E-state index contributed by atoms with van der Waals surface area (Å²) in [6.45, 7) is 0.868. The molecule has 0 amide bonds. The molecule has 1 aliphatic carbocycles. The molecule has 0 radical (unpaired) electrons. The van der Waals surface area contributed by atoms with Crippen molar-refractivity contribution >= 4 is 0 Å². The Morgan fingerprint density at radius 3 is 2.59 bits per heavy atom. The predicted octanol–water partition coefficient (Wildman–Crippen LogP) is 2.11. The highest BCUT2D eigenvalue weighted by atomic mass is 16.6. The molecule has 5 heteroatoms. The number of hydrogen-bond donors (Lipinski definition) is 1. The third-order valence-electron chi connectivity index (χ3n) is 4.12. The fourth-order valence-electron chi connectivity index (χ4n) is 2.85. The molecular weight excluding hydrogens is 282 g/mol. The first-order valence-corrected chi connectivity index (χ1v) is 7.53. The van der Waals surface area contributed by atoms with Crippen LogP contribution in [0.3, 0.4) is 0 Å². The third-order valence-corrected chi connectivity index (χ3v) is 4.12. The minimum atomic E-state index is -0.229. The van der Waals surface area contributed by atoms with Crippen molar-refractivity contribution in [1.82, 2.24) is 4.57 Å². The number of fused-ring (bicyclic) bond motifs is 1. The molecule has 114 valence electrons. The van der Waals surface area contributed by atoms with Crippen LogP contribution in [0.1, 0.15) is 24.4 Å².